The summed E-state index contributed by atoms with van der Waals surface area (Å²) in [6.45, 7) is 6.61. The predicted octanol–water partition coefficient (Wildman–Crippen LogP) is 3.12. The molecular weight excluding hydrogens is 304 g/mol. The number of nitrogens with zero attached hydrogens (tertiary/aromatic N) is 1. The topological polar surface area (TPSA) is 49.4 Å². The maximum atomic E-state index is 12.9. The van der Waals surface area contributed by atoms with E-state index in [0.29, 0.717) is 17.5 Å². The molecule has 21 heavy (non-hydrogen) atoms. The van der Waals surface area contributed by atoms with E-state index >= 15 is 0 Å². The minimum absolute atomic E-state index is 0.0311. The lowest BCUT2D eigenvalue weighted by atomic mass is 10.2. The summed E-state index contributed by atoms with van der Waals surface area (Å²) in [5, 5.41) is 5.37. The molecule has 0 saturated heterocycles. The van der Waals surface area contributed by atoms with Crippen LogP contribution in [0.4, 0.5) is 0 Å². The molecule has 0 amide bonds. The van der Waals surface area contributed by atoms with Crippen LogP contribution in [0.5, 0.6) is 0 Å². The average molecular weight is 331 g/mol. The molecule has 120 valence electrons. The van der Waals surface area contributed by atoms with Gasteiger partial charge in [0.15, 0.2) is 0 Å². The molecule has 4 nitrogen and oxygen atoms in total. The first-order valence-electron chi connectivity index (χ1n) is 7.66. The van der Waals surface area contributed by atoms with Gasteiger partial charge < -0.3 is 5.32 Å². The quantitative estimate of drug-likeness (QED) is 0.797. The molecule has 1 aromatic heterocycles. The molecule has 0 bridgehead atoms. The molecule has 0 aliphatic heterocycles. The smallest absolute Gasteiger partial charge is 0.244 e. The van der Waals surface area contributed by atoms with E-state index in [-0.39, 0.29) is 6.04 Å². The number of sulfonamides is 1. The van der Waals surface area contributed by atoms with Crippen molar-refractivity contribution in [3.8, 4) is 0 Å². The van der Waals surface area contributed by atoms with Crippen molar-refractivity contribution in [2.24, 2.45) is 0 Å². The van der Waals surface area contributed by atoms with Crippen molar-refractivity contribution in [3.05, 3.63) is 15.8 Å². The fourth-order valence-corrected chi connectivity index (χ4v) is 5.56. The van der Waals surface area contributed by atoms with E-state index in [1.807, 2.05) is 19.2 Å². The number of hydrogen-bond donors (Lipinski definition) is 1. The summed E-state index contributed by atoms with van der Waals surface area (Å²) >= 11 is 1.55. The fraction of sp³-hybridized carbons (Fsp3) is 0.733. The normalized spacial score (nSPS) is 17.4. The third kappa shape index (κ3) is 3.86. The van der Waals surface area contributed by atoms with Gasteiger partial charge in [0.1, 0.15) is 4.90 Å². The first-order valence-corrected chi connectivity index (χ1v) is 9.98. The van der Waals surface area contributed by atoms with Gasteiger partial charge in [-0.25, -0.2) is 8.42 Å². The lowest BCUT2D eigenvalue weighted by molar-refractivity contribution is 0.368. The monoisotopic (exact) mass is 330 g/mol. The summed E-state index contributed by atoms with van der Waals surface area (Å²) in [4.78, 5) is 1.46. The Kier molecular flexibility index (Phi) is 5.46. The molecule has 1 unspecified atom stereocenters. The highest BCUT2D eigenvalue weighted by atomic mass is 32.2. The molecule has 1 aliphatic rings. The lowest BCUT2D eigenvalue weighted by Gasteiger charge is -2.24. The van der Waals surface area contributed by atoms with Crippen molar-refractivity contribution >= 4 is 21.4 Å². The average Bonchev–Trinajstić information content (AvgIpc) is 3.18. The maximum Gasteiger partial charge on any atom is 0.244 e. The summed E-state index contributed by atoms with van der Waals surface area (Å²) in [5.41, 5.74) is 0.864. The van der Waals surface area contributed by atoms with E-state index in [1.54, 1.807) is 18.4 Å². The summed E-state index contributed by atoms with van der Waals surface area (Å²) < 4.78 is 27.4. The standard InChI is InChI=1S/C15H26N2O2S2/c1-5-6-12(3)17(4)21(18,19)15-11(2)10-20-14(15)9-16-13-7-8-13/h10,12-13,16H,5-9H2,1-4H3. The van der Waals surface area contributed by atoms with Crippen molar-refractivity contribution in [1.29, 1.82) is 0 Å². The second kappa shape index (κ2) is 6.77. The number of thiophene rings is 1. The number of aryl methyl sites for hydroxylation is 1. The molecule has 0 radical (unpaired) electrons. The van der Waals surface area contributed by atoms with E-state index in [1.165, 1.54) is 17.1 Å². The summed E-state index contributed by atoms with van der Waals surface area (Å²) in [5.74, 6) is 0. The molecule has 1 heterocycles. The van der Waals surface area contributed by atoms with E-state index in [9.17, 15) is 8.42 Å². The highest BCUT2D eigenvalue weighted by Crippen LogP contribution is 2.31. The van der Waals surface area contributed by atoms with Crippen LogP contribution < -0.4 is 5.32 Å². The van der Waals surface area contributed by atoms with Crippen LogP contribution in [0.25, 0.3) is 0 Å². The Labute approximate surface area is 132 Å². The Balaban J connectivity index is 2.23. The Hall–Kier alpha value is -0.430. The van der Waals surface area contributed by atoms with Crippen LogP contribution in [0.3, 0.4) is 0 Å². The highest BCUT2D eigenvalue weighted by Gasteiger charge is 2.30. The van der Waals surface area contributed by atoms with Crippen LogP contribution in [0.1, 0.15) is 50.0 Å². The molecule has 0 aromatic carbocycles. The van der Waals surface area contributed by atoms with Gasteiger partial charge in [-0.05, 0) is 44.1 Å². The Morgan fingerprint density at radius 1 is 1.48 bits per heavy atom. The highest BCUT2D eigenvalue weighted by molar-refractivity contribution is 7.89. The maximum absolute atomic E-state index is 12.9. The summed E-state index contributed by atoms with van der Waals surface area (Å²) in [6, 6.07) is 0.614. The van der Waals surface area contributed by atoms with E-state index < -0.39 is 10.0 Å². The van der Waals surface area contributed by atoms with Crippen LogP contribution >= 0.6 is 11.3 Å². The second-order valence-corrected chi connectivity index (χ2v) is 8.88. The molecule has 1 atom stereocenters. The third-order valence-electron chi connectivity index (χ3n) is 4.08. The minimum Gasteiger partial charge on any atom is -0.309 e. The van der Waals surface area contributed by atoms with Crippen molar-refractivity contribution in [2.45, 2.75) is 70.0 Å². The van der Waals surface area contributed by atoms with Gasteiger partial charge in [-0.2, -0.15) is 4.31 Å². The van der Waals surface area contributed by atoms with Crippen molar-refractivity contribution in [2.75, 3.05) is 7.05 Å². The lowest BCUT2D eigenvalue weighted by Crippen LogP contribution is -2.35. The van der Waals surface area contributed by atoms with Crippen LogP contribution in [0.15, 0.2) is 10.3 Å². The van der Waals surface area contributed by atoms with Crippen molar-refractivity contribution in [3.63, 3.8) is 0 Å². The summed E-state index contributed by atoms with van der Waals surface area (Å²) in [6.07, 6.45) is 4.29. The van der Waals surface area contributed by atoms with Crippen LogP contribution in [0, 0.1) is 6.92 Å². The third-order valence-corrected chi connectivity index (χ3v) is 7.52. The molecule has 0 spiro atoms. The zero-order valence-electron chi connectivity index (χ0n) is 13.3. The van der Waals surface area contributed by atoms with Gasteiger partial charge in [0.25, 0.3) is 0 Å². The van der Waals surface area contributed by atoms with Gasteiger partial charge in [0.2, 0.25) is 10.0 Å². The van der Waals surface area contributed by atoms with Gasteiger partial charge in [-0.1, -0.05) is 13.3 Å². The van der Waals surface area contributed by atoms with Crippen molar-refractivity contribution in [1.82, 2.24) is 9.62 Å². The van der Waals surface area contributed by atoms with Crippen LogP contribution in [-0.2, 0) is 16.6 Å². The zero-order chi connectivity index (χ0) is 15.6. The zero-order valence-corrected chi connectivity index (χ0v) is 15.0. The van der Waals surface area contributed by atoms with Gasteiger partial charge in [0, 0.05) is 30.6 Å². The molecule has 6 heteroatoms. The number of rotatable bonds is 8. The fourth-order valence-electron chi connectivity index (χ4n) is 2.46. The number of nitrogens with one attached hydrogen (secondary N) is 1. The van der Waals surface area contributed by atoms with E-state index in [4.69, 9.17) is 0 Å². The van der Waals surface area contributed by atoms with Gasteiger partial charge in [-0.3, -0.25) is 0 Å². The number of hydrogen-bond acceptors (Lipinski definition) is 4. The Morgan fingerprint density at radius 3 is 2.71 bits per heavy atom. The van der Waals surface area contributed by atoms with Crippen molar-refractivity contribution < 1.29 is 8.42 Å². The largest absolute Gasteiger partial charge is 0.309 e. The van der Waals surface area contributed by atoms with Gasteiger partial charge in [0.05, 0.1) is 0 Å². The molecule has 1 aromatic rings. The van der Waals surface area contributed by atoms with E-state index in [0.717, 1.165) is 23.3 Å². The Bertz CT molecular complexity index is 576. The molecule has 2 rings (SSSR count). The molecule has 1 N–H and O–H groups in total. The first kappa shape index (κ1) is 16.9. The molecule has 1 aliphatic carbocycles. The van der Waals surface area contributed by atoms with Gasteiger partial charge >= 0.3 is 0 Å². The van der Waals surface area contributed by atoms with Crippen LogP contribution in [0.2, 0.25) is 0 Å². The first-order chi connectivity index (χ1) is 9.87. The molecule has 1 fully saturated rings. The second-order valence-electron chi connectivity index (χ2n) is 5.99. The van der Waals surface area contributed by atoms with E-state index in [2.05, 4.69) is 12.2 Å². The predicted molar refractivity (Wildman–Crippen MR) is 88.2 cm³/mol. The summed E-state index contributed by atoms with van der Waals surface area (Å²) in [7, 11) is -1.70. The van der Waals surface area contributed by atoms with Crippen LogP contribution in [-0.4, -0.2) is 31.9 Å². The SMILES string of the molecule is CCCC(C)N(C)S(=O)(=O)c1c(C)csc1CNC1CC1. The Morgan fingerprint density at radius 2 is 2.14 bits per heavy atom. The molecule has 1 saturated carbocycles. The molecular formula is C15H26N2O2S2. The minimum atomic E-state index is -3.40. The van der Waals surface area contributed by atoms with Gasteiger partial charge in [-0.15, -0.1) is 11.3 Å².